The van der Waals surface area contributed by atoms with Crippen molar-refractivity contribution in [2.24, 2.45) is 4.99 Å². The zero-order chi connectivity index (χ0) is 22.3. The Hall–Kier alpha value is -3.38. The maximum absolute atomic E-state index is 15.2. The first-order valence-electron chi connectivity index (χ1n) is 8.61. The number of nitrogens with two attached hydrogens (primary N) is 1. The first-order valence-corrected chi connectivity index (χ1v) is 10.5. The maximum Gasteiger partial charge on any atom is 0.267 e. The number of hydrogen-bond acceptors (Lipinski definition) is 8. The molecule has 3 heterocycles. The van der Waals surface area contributed by atoms with Gasteiger partial charge < -0.3 is 10.5 Å². The third kappa shape index (κ3) is 3.75. The van der Waals surface area contributed by atoms with Crippen LogP contribution in [-0.4, -0.2) is 36.7 Å². The molecule has 4 rings (SSSR count). The van der Waals surface area contributed by atoms with Crippen LogP contribution in [-0.2, 0) is 16.4 Å². The Morgan fingerprint density at radius 3 is 2.77 bits per heavy atom. The van der Waals surface area contributed by atoms with E-state index in [1.165, 1.54) is 13.3 Å². The molecule has 1 aliphatic heterocycles. The summed E-state index contributed by atoms with van der Waals surface area (Å²) in [6.45, 7) is 0. The Balaban J connectivity index is 1.79. The van der Waals surface area contributed by atoms with E-state index >= 15 is 4.39 Å². The molecule has 0 bridgehead atoms. The number of methoxy groups -OCH3 is 1. The average Bonchev–Trinajstić information content (AvgIpc) is 3.19. The predicted molar refractivity (Wildman–Crippen MR) is 110 cm³/mol. The summed E-state index contributed by atoms with van der Waals surface area (Å²) in [6, 6.07) is 2.89. The van der Waals surface area contributed by atoms with E-state index in [2.05, 4.69) is 19.9 Å². The molecule has 1 aromatic carbocycles. The molecule has 160 valence electrons. The van der Waals surface area contributed by atoms with E-state index in [1.54, 1.807) is 6.21 Å². The van der Waals surface area contributed by atoms with Crippen molar-refractivity contribution in [3.63, 3.8) is 0 Å². The van der Waals surface area contributed by atoms with Crippen molar-refractivity contribution >= 4 is 45.0 Å². The second-order valence-electron chi connectivity index (χ2n) is 6.29. The van der Waals surface area contributed by atoms with Gasteiger partial charge >= 0.3 is 0 Å². The summed E-state index contributed by atoms with van der Waals surface area (Å²) >= 11 is 5.83. The molecule has 3 aromatic rings. The average molecular weight is 467 g/mol. The highest BCUT2D eigenvalue weighted by Gasteiger charge is 2.26. The Bertz CT molecular complexity index is 1350. The lowest BCUT2D eigenvalue weighted by molar-refractivity contribution is 0.385. The Labute approximate surface area is 180 Å². The molecule has 0 atom stereocenters. The monoisotopic (exact) mass is 466 g/mol. The minimum atomic E-state index is -4.40. The maximum atomic E-state index is 15.2. The number of nitrogen functional groups attached to an aromatic ring is 1. The van der Waals surface area contributed by atoms with Crippen molar-refractivity contribution in [2.75, 3.05) is 17.6 Å². The first kappa shape index (κ1) is 20.9. The van der Waals surface area contributed by atoms with E-state index in [0.29, 0.717) is 17.8 Å². The number of aromatic nitrogens is 3. The third-order valence-corrected chi connectivity index (χ3v) is 5.88. The highest BCUT2D eigenvalue weighted by Crippen LogP contribution is 2.35. The molecule has 1 aliphatic rings. The summed E-state index contributed by atoms with van der Waals surface area (Å²) in [7, 11) is -3.19. The number of rotatable bonds is 5. The lowest BCUT2D eigenvalue weighted by atomic mass is 10.1. The standard InChI is InChI=1S/C18H13ClF2N6O3S/c1-30-18-12(6-8(19)7-24-18)31(28,29)27-10-3-2-9(20)13(14(10)21)17-25-11-4-5-23-15(11)16(22)26-17/h2-3,5-7,27H,4H2,1H3,(H2,22,25,26). The van der Waals surface area contributed by atoms with Gasteiger partial charge in [-0.05, 0) is 18.2 Å². The number of nitrogens with zero attached hydrogens (tertiary/aromatic N) is 4. The molecule has 0 aliphatic carbocycles. The minimum absolute atomic E-state index is 0.0191. The molecule has 0 fully saturated rings. The van der Waals surface area contributed by atoms with Gasteiger partial charge in [0.15, 0.2) is 22.4 Å². The van der Waals surface area contributed by atoms with Gasteiger partial charge in [-0.25, -0.2) is 32.2 Å². The van der Waals surface area contributed by atoms with E-state index < -0.39 is 37.8 Å². The molecule has 0 radical (unpaired) electrons. The molecular weight excluding hydrogens is 454 g/mol. The second-order valence-corrected chi connectivity index (χ2v) is 8.38. The lowest BCUT2D eigenvalue weighted by Crippen LogP contribution is -2.16. The van der Waals surface area contributed by atoms with E-state index in [9.17, 15) is 12.8 Å². The van der Waals surface area contributed by atoms with Crippen molar-refractivity contribution < 1.29 is 21.9 Å². The zero-order valence-corrected chi connectivity index (χ0v) is 17.3. The van der Waals surface area contributed by atoms with Crippen molar-refractivity contribution in [2.45, 2.75) is 11.3 Å². The van der Waals surface area contributed by atoms with Crippen LogP contribution in [0.2, 0.25) is 5.02 Å². The molecule has 0 saturated carbocycles. The highest BCUT2D eigenvalue weighted by molar-refractivity contribution is 7.92. The van der Waals surface area contributed by atoms with Crippen LogP contribution in [0.1, 0.15) is 5.69 Å². The number of hydrogen-bond donors (Lipinski definition) is 2. The minimum Gasteiger partial charge on any atom is -0.480 e. The summed E-state index contributed by atoms with van der Waals surface area (Å²) in [6.07, 6.45) is 3.06. The smallest absolute Gasteiger partial charge is 0.267 e. The molecule has 2 aromatic heterocycles. The summed E-state index contributed by atoms with van der Waals surface area (Å²) in [5.74, 6) is -2.86. The SMILES string of the molecule is COc1ncc(Cl)cc1S(=O)(=O)Nc1ccc(F)c(-c2nc(N)c3c(n2)CC=N3)c1F. The van der Waals surface area contributed by atoms with Gasteiger partial charge in [0, 0.05) is 18.8 Å². The van der Waals surface area contributed by atoms with Crippen molar-refractivity contribution in [3.8, 4) is 17.3 Å². The van der Waals surface area contributed by atoms with Gasteiger partial charge in [0.1, 0.15) is 11.5 Å². The number of fused-ring (bicyclic) bond motifs is 1. The normalized spacial score (nSPS) is 12.6. The Morgan fingerprint density at radius 2 is 2.03 bits per heavy atom. The number of sulfonamides is 1. The molecule has 9 nitrogen and oxygen atoms in total. The molecule has 31 heavy (non-hydrogen) atoms. The van der Waals surface area contributed by atoms with Crippen molar-refractivity contribution in [1.29, 1.82) is 0 Å². The van der Waals surface area contributed by atoms with Gasteiger partial charge in [0.2, 0.25) is 5.88 Å². The van der Waals surface area contributed by atoms with Gasteiger partial charge in [-0.15, -0.1) is 0 Å². The Kier molecular flexibility index (Phi) is 5.19. The number of anilines is 2. The van der Waals surface area contributed by atoms with Gasteiger partial charge in [0.05, 0.1) is 29.1 Å². The number of benzene rings is 1. The first-order chi connectivity index (χ1) is 14.7. The summed E-state index contributed by atoms with van der Waals surface area (Å²) in [5, 5.41) is 0.0191. The van der Waals surface area contributed by atoms with Crippen LogP contribution in [0.15, 0.2) is 34.3 Å². The van der Waals surface area contributed by atoms with Crippen molar-refractivity contribution in [3.05, 3.63) is 46.7 Å². The zero-order valence-electron chi connectivity index (χ0n) is 15.7. The fourth-order valence-corrected chi connectivity index (χ4v) is 4.36. The van der Waals surface area contributed by atoms with Gasteiger partial charge in [-0.2, -0.15) is 0 Å². The third-order valence-electron chi connectivity index (χ3n) is 4.32. The molecular formula is C18H13ClF2N6O3S. The quantitative estimate of drug-likeness (QED) is 0.590. The lowest BCUT2D eigenvalue weighted by Gasteiger charge is -2.14. The van der Waals surface area contributed by atoms with Gasteiger partial charge in [-0.3, -0.25) is 9.71 Å². The molecule has 3 N–H and O–H groups in total. The molecule has 0 unspecified atom stereocenters. The second kappa shape index (κ2) is 7.71. The van der Waals surface area contributed by atoms with Crippen LogP contribution in [0.3, 0.4) is 0 Å². The topological polar surface area (TPSA) is 132 Å². The number of nitrogens with one attached hydrogen (secondary N) is 1. The number of halogens is 3. The van der Waals surface area contributed by atoms with Crippen LogP contribution in [0.5, 0.6) is 5.88 Å². The number of aliphatic imine (C=N–C) groups is 1. The van der Waals surface area contributed by atoms with E-state index in [0.717, 1.165) is 18.2 Å². The van der Waals surface area contributed by atoms with E-state index in [1.807, 2.05) is 4.72 Å². The van der Waals surface area contributed by atoms with Gasteiger partial charge in [-0.1, -0.05) is 11.6 Å². The van der Waals surface area contributed by atoms with E-state index in [-0.39, 0.29) is 22.5 Å². The summed E-state index contributed by atoms with van der Waals surface area (Å²) < 4.78 is 62.3. The summed E-state index contributed by atoms with van der Waals surface area (Å²) in [5.41, 5.74) is 5.37. The van der Waals surface area contributed by atoms with Crippen LogP contribution in [0, 0.1) is 11.6 Å². The van der Waals surface area contributed by atoms with Crippen LogP contribution in [0.4, 0.5) is 26.0 Å². The van der Waals surface area contributed by atoms with Crippen LogP contribution >= 0.6 is 11.6 Å². The summed E-state index contributed by atoms with van der Waals surface area (Å²) in [4.78, 5) is 15.4. The number of pyridine rings is 1. The fraction of sp³-hybridized carbons (Fsp3) is 0.111. The van der Waals surface area contributed by atoms with Crippen LogP contribution < -0.4 is 15.2 Å². The molecule has 0 saturated heterocycles. The Morgan fingerprint density at radius 1 is 1.26 bits per heavy atom. The molecule has 0 amide bonds. The number of ether oxygens (including phenoxy) is 1. The highest BCUT2D eigenvalue weighted by atomic mass is 35.5. The van der Waals surface area contributed by atoms with E-state index in [4.69, 9.17) is 22.1 Å². The fourth-order valence-electron chi connectivity index (χ4n) is 2.93. The van der Waals surface area contributed by atoms with Crippen molar-refractivity contribution in [1.82, 2.24) is 15.0 Å². The predicted octanol–water partition coefficient (Wildman–Crippen LogP) is 3.12. The molecule has 0 spiro atoms. The van der Waals surface area contributed by atoms with Crippen LogP contribution in [0.25, 0.3) is 11.4 Å². The molecule has 13 heteroatoms. The van der Waals surface area contributed by atoms with Gasteiger partial charge in [0.25, 0.3) is 10.0 Å². The largest absolute Gasteiger partial charge is 0.480 e.